The molecule has 92 valence electrons. The van der Waals surface area contributed by atoms with Crippen molar-refractivity contribution in [1.82, 2.24) is 5.32 Å². The zero-order valence-corrected chi connectivity index (χ0v) is 10.4. The molecule has 0 saturated heterocycles. The van der Waals surface area contributed by atoms with Gasteiger partial charge in [-0.05, 0) is 5.56 Å². The predicted molar refractivity (Wildman–Crippen MR) is 67.8 cm³/mol. The molecule has 0 amide bonds. The first-order chi connectivity index (χ1) is 7.15. The molecule has 4 heteroatoms. The van der Waals surface area contributed by atoms with Gasteiger partial charge in [0, 0.05) is 6.04 Å². The first-order valence-corrected chi connectivity index (χ1v) is 5.25. The van der Waals surface area contributed by atoms with Crippen LogP contribution in [-0.2, 0) is 0 Å². The SMILES string of the molecule is CC(C)NC(CO)C(O)c1ccccc1.Cl. The van der Waals surface area contributed by atoms with Crippen LogP contribution in [0.1, 0.15) is 25.5 Å². The molecule has 3 nitrogen and oxygen atoms in total. The smallest absolute Gasteiger partial charge is 0.0965 e. The molecule has 0 saturated carbocycles. The van der Waals surface area contributed by atoms with E-state index in [0.29, 0.717) is 0 Å². The van der Waals surface area contributed by atoms with Crippen LogP contribution in [-0.4, -0.2) is 28.9 Å². The van der Waals surface area contributed by atoms with Crippen LogP contribution in [0.2, 0.25) is 0 Å². The molecule has 1 rings (SSSR count). The molecule has 0 aliphatic rings. The molecular weight excluding hydrogens is 226 g/mol. The summed E-state index contributed by atoms with van der Waals surface area (Å²) in [4.78, 5) is 0. The average molecular weight is 246 g/mol. The monoisotopic (exact) mass is 245 g/mol. The second-order valence-corrected chi connectivity index (χ2v) is 3.97. The Morgan fingerprint density at radius 1 is 1.19 bits per heavy atom. The van der Waals surface area contributed by atoms with Crippen molar-refractivity contribution in [2.75, 3.05) is 6.61 Å². The van der Waals surface area contributed by atoms with Crippen molar-refractivity contribution >= 4 is 12.4 Å². The molecule has 0 spiro atoms. The minimum atomic E-state index is -0.668. The molecule has 0 aliphatic heterocycles. The molecular formula is C12H20ClNO2. The first kappa shape index (κ1) is 15.4. The summed E-state index contributed by atoms with van der Waals surface area (Å²) in [7, 11) is 0. The first-order valence-electron chi connectivity index (χ1n) is 5.25. The number of hydrogen-bond acceptors (Lipinski definition) is 3. The number of nitrogens with one attached hydrogen (secondary N) is 1. The fourth-order valence-corrected chi connectivity index (χ4v) is 1.55. The lowest BCUT2D eigenvalue weighted by molar-refractivity contribution is 0.0856. The van der Waals surface area contributed by atoms with E-state index in [0.717, 1.165) is 5.56 Å². The number of halogens is 1. The molecule has 0 aromatic heterocycles. The normalized spacial score (nSPS) is 14.3. The van der Waals surface area contributed by atoms with Gasteiger partial charge in [-0.15, -0.1) is 12.4 Å². The number of aliphatic hydroxyl groups excluding tert-OH is 2. The van der Waals surface area contributed by atoms with Crippen molar-refractivity contribution < 1.29 is 10.2 Å². The van der Waals surface area contributed by atoms with Crippen LogP contribution in [0.4, 0.5) is 0 Å². The van der Waals surface area contributed by atoms with Crippen LogP contribution in [0.5, 0.6) is 0 Å². The van der Waals surface area contributed by atoms with Crippen molar-refractivity contribution in [3.05, 3.63) is 35.9 Å². The molecule has 1 aromatic rings. The standard InChI is InChI=1S/C12H19NO2.ClH/c1-9(2)13-11(8-14)12(15)10-6-4-3-5-7-10;/h3-7,9,11-15H,8H2,1-2H3;1H. The van der Waals surface area contributed by atoms with E-state index >= 15 is 0 Å². The maximum atomic E-state index is 10.0. The van der Waals surface area contributed by atoms with E-state index in [4.69, 9.17) is 0 Å². The van der Waals surface area contributed by atoms with E-state index in [1.807, 2.05) is 44.2 Å². The van der Waals surface area contributed by atoms with Gasteiger partial charge in [0.1, 0.15) is 0 Å². The molecule has 2 atom stereocenters. The molecule has 0 radical (unpaired) electrons. The highest BCUT2D eigenvalue weighted by molar-refractivity contribution is 5.85. The van der Waals surface area contributed by atoms with E-state index in [-0.39, 0.29) is 31.1 Å². The van der Waals surface area contributed by atoms with Gasteiger partial charge in [0.15, 0.2) is 0 Å². The number of rotatable bonds is 5. The van der Waals surface area contributed by atoms with Crippen LogP contribution >= 0.6 is 12.4 Å². The second-order valence-electron chi connectivity index (χ2n) is 3.97. The Labute approximate surface area is 103 Å². The summed E-state index contributed by atoms with van der Waals surface area (Å²) in [5.41, 5.74) is 0.824. The third-order valence-electron chi connectivity index (χ3n) is 2.27. The molecule has 0 heterocycles. The fraction of sp³-hybridized carbons (Fsp3) is 0.500. The summed E-state index contributed by atoms with van der Waals surface area (Å²) in [6, 6.07) is 9.29. The van der Waals surface area contributed by atoms with E-state index in [2.05, 4.69) is 5.32 Å². The van der Waals surface area contributed by atoms with Crippen LogP contribution in [0.15, 0.2) is 30.3 Å². The summed E-state index contributed by atoms with van der Waals surface area (Å²) in [5, 5.41) is 22.3. The Morgan fingerprint density at radius 2 is 1.75 bits per heavy atom. The lowest BCUT2D eigenvalue weighted by Gasteiger charge is -2.24. The fourth-order valence-electron chi connectivity index (χ4n) is 1.55. The van der Waals surface area contributed by atoms with Gasteiger partial charge in [0.05, 0.1) is 18.8 Å². The van der Waals surface area contributed by atoms with E-state index in [9.17, 15) is 10.2 Å². The zero-order chi connectivity index (χ0) is 11.3. The highest BCUT2D eigenvalue weighted by Crippen LogP contribution is 2.16. The lowest BCUT2D eigenvalue weighted by atomic mass is 10.0. The number of hydrogen-bond donors (Lipinski definition) is 3. The summed E-state index contributed by atoms with van der Waals surface area (Å²) < 4.78 is 0. The third kappa shape index (κ3) is 4.49. The number of benzene rings is 1. The van der Waals surface area contributed by atoms with Gasteiger partial charge in [0.25, 0.3) is 0 Å². The second kappa shape index (κ2) is 7.63. The van der Waals surface area contributed by atoms with Crippen molar-refractivity contribution in [2.45, 2.75) is 32.0 Å². The van der Waals surface area contributed by atoms with E-state index in [1.165, 1.54) is 0 Å². The van der Waals surface area contributed by atoms with Crippen LogP contribution in [0, 0.1) is 0 Å². The van der Waals surface area contributed by atoms with Gasteiger partial charge in [0.2, 0.25) is 0 Å². The number of aliphatic hydroxyl groups is 2. The van der Waals surface area contributed by atoms with Gasteiger partial charge in [-0.1, -0.05) is 44.2 Å². The minimum Gasteiger partial charge on any atom is -0.395 e. The Kier molecular flexibility index (Phi) is 7.34. The summed E-state index contributed by atoms with van der Waals surface area (Å²) in [6.07, 6.45) is -0.668. The predicted octanol–water partition coefficient (Wildman–Crippen LogP) is 1.50. The zero-order valence-electron chi connectivity index (χ0n) is 9.63. The van der Waals surface area contributed by atoms with Crippen LogP contribution in [0.25, 0.3) is 0 Å². The highest BCUT2D eigenvalue weighted by atomic mass is 35.5. The maximum absolute atomic E-state index is 10.0. The third-order valence-corrected chi connectivity index (χ3v) is 2.27. The molecule has 16 heavy (non-hydrogen) atoms. The Balaban J connectivity index is 0.00000225. The van der Waals surface area contributed by atoms with Crippen molar-refractivity contribution in [3.8, 4) is 0 Å². The van der Waals surface area contributed by atoms with Crippen LogP contribution < -0.4 is 5.32 Å². The molecule has 0 aliphatic carbocycles. The lowest BCUT2D eigenvalue weighted by Crippen LogP contribution is -2.41. The summed E-state index contributed by atoms with van der Waals surface area (Å²) in [6.45, 7) is 3.90. The van der Waals surface area contributed by atoms with Crippen molar-refractivity contribution in [3.63, 3.8) is 0 Å². The molecule has 1 aromatic carbocycles. The Morgan fingerprint density at radius 3 is 2.19 bits per heavy atom. The quantitative estimate of drug-likeness (QED) is 0.737. The average Bonchev–Trinajstić information content (AvgIpc) is 2.26. The van der Waals surface area contributed by atoms with Gasteiger partial charge in [-0.3, -0.25) is 0 Å². The minimum absolute atomic E-state index is 0. The molecule has 0 fully saturated rings. The highest BCUT2D eigenvalue weighted by Gasteiger charge is 2.20. The maximum Gasteiger partial charge on any atom is 0.0965 e. The Hall–Kier alpha value is -0.610. The van der Waals surface area contributed by atoms with Crippen molar-refractivity contribution in [2.24, 2.45) is 0 Å². The molecule has 0 bridgehead atoms. The van der Waals surface area contributed by atoms with Gasteiger partial charge >= 0.3 is 0 Å². The molecule has 3 N–H and O–H groups in total. The Bertz CT molecular complexity index is 280. The van der Waals surface area contributed by atoms with E-state index in [1.54, 1.807) is 0 Å². The summed E-state index contributed by atoms with van der Waals surface area (Å²) in [5.74, 6) is 0. The van der Waals surface area contributed by atoms with E-state index < -0.39 is 6.10 Å². The largest absolute Gasteiger partial charge is 0.395 e. The van der Waals surface area contributed by atoms with Crippen molar-refractivity contribution in [1.29, 1.82) is 0 Å². The molecule has 2 unspecified atom stereocenters. The van der Waals surface area contributed by atoms with Gasteiger partial charge in [-0.25, -0.2) is 0 Å². The topological polar surface area (TPSA) is 52.5 Å². The summed E-state index contributed by atoms with van der Waals surface area (Å²) >= 11 is 0. The van der Waals surface area contributed by atoms with Crippen LogP contribution in [0.3, 0.4) is 0 Å². The van der Waals surface area contributed by atoms with Gasteiger partial charge < -0.3 is 15.5 Å². The van der Waals surface area contributed by atoms with Gasteiger partial charge in [-0.2, -0.15) is 0 Å².